The molecule has 0 saturated carbocycles. The second-order valence-electron chi connectivity index (χ2n) is 10.7. The van der Waals surface area contributed by atoms with Crippen molar-refractivity contribution >= 4 is 17.4 Å². The molecule has 3 saturated heterocycles. The SMILES string of the molecule is COC1COCCC1NC1CCN(C(=O)c2ncnc(N3CCN(c4ccc5c(c4)OCO5)CC3)c2C)CC1. The molecule has 4 aliphatic heterocycles. The molecule has 0 spiro atoms. The van der Waals surface area contributed by atoms with Gasteiger partial charge in [0.05, 0.1) is 12.7 Å². The number of hydrogen-bond acceptors (Lipinski definition) is 10. The van der Waals surface area contributed by atoms with Crippen LogP contribution in [0.2, 0.25) is 0 Å². The second-order valence-corrected chi connectivity index (χ2v) is 10.7. The zero-order valence-electron chi connectivity index (χ0n) is 22.8. The van der Waals surface area contributed by atoms with Crippen molar-refractivity contribution in [3.63, 3.8) is 0 Å². The Bertz CT molecular complexity index is 1170. The molecule has 2 aromatic rings. The van der Waals surface area contributed by atoms with Crippen LogP contribution in [-0.4, -0.2) is 105 Å². The summed E-state index contributed by atoms with van der Waals surface area (Å²) >= 11 is 0. The summed E-state index contributed by atoms with van der Waals surface area (Å²) in [5.74, 6) is 2.44. The molecule has 39 heavy (non-hydrogen) atoms. The van der Waals surface area contributed by atoms with Gasteiger partial charge in [0.1, 0.15) is 17.8 Å². The number of hydrogen-bond donors (Lipinski definition) is 1. The van der Waals surface area contributed by atoms with Crippen LogP contribution in [0.1, 0.15) is 35.3 Å². The summed E-state index contributed by atoms with van der Waals surface area (Å²) in [4.78, 5) is 29.1. The van der Waals surface area contributed by atoms with Crippen LogP contribution in [0, 0.1) is 6.92 Å². The van der Waals surface area contributed by atoms with Crippen molar-refractivity contribution in [2.24, 2.45) is 0 Å². The molecule has 11 nitrogen and oxygen atoms in total. The number of carbonyl (C=O) groups is 1. The molecule has 0 bridgehead atoms. The van der Waals surface area contributed by atoms with Crippen LogP contribution in [0.5, 0.6) is 11.5 Å². The third-order valence-corrected chi connectivity index (χ3v) is 8.40. The summed E-state index contributed by atoms with van der Waals surface area (Å²) in [7, 11) is 1.74. The number of rotatable bonds is 6. The van der Waals surface area contributed by atoms with E-state index in [1.54, 1.807) is 7.11 Å². The maximum absolute atomic E-state index is 13.5. The van der Waals surface area contributed by atoms with E-state index in [0.29, 0.717) is 37.5 Å². The summed E-state index contributed by atoms with van der Waals surface area (Å²) in [5, 5.41) is 3.76. The number of benzene rings is 1. The monoisotopic (exact) mass is 538 g/mol. The third kappa shape index (κ3) is 5.48. The van der Waals surface area contributed by atoms with Crippen LogP contribution in [0.3, 0.4) is 0 Å². The van der Waals surface area contributed by atoms with E-state index in [9.17, 15) is 4.79 Å². The van der Waals surface area contributed by atoms with Crippen molar-refractivity contribution in [1.82, 2.24) is 20.2 Å². The molecule has 4 aliphatic rings. The fourth-order valence-corrected chi connectivity index (χ4v) is 6.07. The molecule has 0 radical (unpaired) electrons. The standard InChI is InChI=1S/C28H38N6O5/c1-19-26(28(35)34-8-5-20(6-9-34)31-22-7-14-37-16-25(22)36-2)29-17-30-27(19)33-12-10-32(11-13-33)21-3-4-23-24(15-21)39-18-38-23/h3-4,15,17,20,22,25,31H,5-14,16,18H2,1-2H3. The minimum absolute atomic E-state index is 0.00516. The Morgan fingerprint density at radius 1 is 1.00 bits per heavy atom. The lowest BCUT2D eigenvalue weighted by molar-refractivity contribution is -0.0533. The number of amides is 1. The maximum Gasteiger partial charge on any atom is 0.272 e. The van der Waals surface area contributed by atoms with Gasteiger partial charge in [-0.1, -0.05) is 0 Å². The van der Waals surface area contributed by atoms with Crippen molar-refractivity contribution < 1.29 is 23.7 Å². The van der Waals surface area contributed by atoms with Gasteiger partial charge in [-0.05, 0) is 38.3 Å². The molecule has 1 aromatic carbocycles. The number of methoxy groups -OCH3 is 1. The van der Waals surface area contributed by atoms with E-state index in [1.165, 1.54) is 6.33 Å². The fourth-order valence-electron chi connectivity index (χ4n) is 6.07. The normalized spacial score (nSPS) is 23.8. The van der Waals surface area contributed by atoms with Gasteiger partial charge in [0.25, 0.3) is 5.91 Å². The van der Waals surface area contributed by atoms with Crippen molar-refractivity contribution in [3.05, 3.63) is 35.8 Å². The van der Waals surface area contributed by atoms with E-state index in [4.69, 9.17) is 18.9 Å². The van der Waals surface area contributed by atoms with Crippen LogP contribution in [-0.2, 0) is 9.47 Å². The Balaban J connectivity index is 1.05. The third-order valence-electron chi connectivity index (χ3n) is 8.40. The Kier molecular flexibility index (Phi) is 7.71. The topological polar surface area (TPSA) is 102 Å². The zero-order chi connectivity index (χ0) is 26.8. The molecule has 3 fully saturated rings. The fraction of sp³-hybridized carbons (Fsp3) is 0.607. The Hall–Kier alpha value is -3.15. The average molecular weight is 539 g/mol. The van der Waals surface area contributed by atoms with E-state index in [-0.39, 0.29) is 18.8 Å². The molecule has 2 atom stereocenters. The number of nitrogens with one attached hydrogen (secondary N) is 1. The molecule has 5 heterocycles. The van der Waals surface area contributed by atoms with E-state index in [2.05, 4.69) is 31.2 Å². The van der Waals surface area contributed by atoms with E-state index >= 15 is 0 Å². The van der Waals surface area contributed by atoms with Gasteiger partial charge in [-0.2, -0.15) is 0 Å². The number of aromatic nitrogens is 2. The number of ether oxygens (including phenoxy) is 4. The van der Waals surface area contributed by atoms with Gasteiger partial charge in [0, 0.05) is 82.4 Å². The van der Waals surface area contributed by atoms with Crippen molar-refractivity contribution in [3.8, 4) is 11.5 Å². The molecule has 1 aromatic heterocycles. The number of likely N-dealkylation sites (tertiary alicyclic amines) is 1. The average Bonchev–Trinajstić information content (AvgIpc) is 3.46. The van der Waals surface area contributed by atoms with Gasteiger partial charge < -0.3 is 39.0 Å². The lowest BCUT2D eigenvalue weighted by Crippen LogP contribution is -2.54. The van der Waals surface area contributed by atoms with Gasteiger partial charge in [0.2, 0.25) is 6.79 Å². The van der Waals surface area contributed by atoms with Crippen molar-refractivity contribution in [1.29, 1.82) is 0 Å². The second kappa shape index (κ2) is 11.5. The highest BCUT2D eigenvalue weighted by molar-refractivity contribution is 5.94. The first kappa shape index (κ1) is 26.1. The zero-order valence-corrected chi connectivity index (χ0v) is 22.8. The van der Waals surface area contributed by atoms with Gasteiger partial charge in [-0.15, -0.1) is 0 Å². The van der Waals surface area contributed by atoms with Gasteiger partial charge in [0.15, 0.2) is 11.5 Å². The first-order valence-corrected chi connectivity index (χ1v) is 14.0. The van der Waals surface area contributed by atoms with E-state index in [1.807, 2.05) is 24.0 Å². The molecule has 11 heteroatoms. The first-order chi connectivity index (χ1) is 19.1. The number of piperazine rings is 1. The smallest absolute Gasteiger partial charge is 0.272 e. The van der Waals surface area contributed by atoms with Crippen LogP contribution in [0.15, 0.2) is 24.5 Å². The highest BCUT2D eigenvalue weighted by Gasteiger charge is 2.32. The molecule has 1 N–H and O–H groups in total. The lowest BCUT2D eigenvalue weighted by atomic mass is 9.99. The molecule has 2 unspecified atom stereocenters. The van der Waals surface area contributed by atoms with Gasteiger partial charge in [-0.3, -0.25) is 4.79 Å². The molecule has 1 amide bonds. The van der Waals surface area contributed by atoms with Crippen LogP contribution in [0.25, 0.3) is 0 Å². The highest BCUT2D eigenvalue weighted by atomic mass is 16.7. The van der Waals surface area contributed by atoms with Gasteiger partial charge >= 0.3 is 0 Å². The molecular weight excluding hydrogens is 500 g/mol. The Morgan fingerprint density at radius 2 is 1.77 bits per heavy atom. The number of fused-ring (bicyclic) bond motifs is 1. The van der Waals surface area contributed by atoms with E-state index in [0.717, 1.165) is 80.6 Å². The number of piperidine rings is 1. The predicted molar refractivity (Wildman–Crippen MR) is 146 cm³/mol. The minimum atomic E-state index is -0.00516. The lowest BCUT2D eigenvalue weighted by Gasteiger charge is -2.38. The number of carbonyl (C=O) groups excluding carboxylic acids is 1. The highest BCUT2D eigenvalue weighted by Crippen LogP contribution is 2.36. The van der Waals surface area contributed by atoms with Crippen molar-refractivity contribution in [2.45, 2.75) is 44.4 Å². The van der Waals surface area contributed by atoms with Crippen LogP contribution in [0.4, 0.5) is 11.5 Å². The molecule has 210 valence electrons. The van der Waals surface area contributed by atoms with Crippen LogP contribution < -0.4 is 24.6 Å². The summed E-state index contributed by atoms with van der Waals surface area (Å²) in [6, 6.07) is 6.76. The predicted octanol–water partition coefficient (Wildman–Crippen LogP) is 1.84. The first-order valence-electron chi connectivity index (χ1n) is 14.0. The molecule has 0 aliphatic carbocycles. The summed E-state index contributed by atoms with van der Waals surface area (Å²) in [5.41, 5.74) is 2.49. The largest absolute Gasteiger partial charge is 0.454 e. The van der Waals surface area contributed by atoms with E-state index < -0.39 is 0 Å². The summed E-state index contributed by atoms with van der Waals surface area (Å²) in [6.45, 7) is 8.39. The quantitative estimate of drug-likeness (QED) is 0.586. The minimum Gasteiger partial charge on any atom is -0.454 e. The summed E-state index contributed by atoms with van der Waals surface area (Å²) in [6.07, 6.45) is 4.39. The van der Waals surface area contributed by atoms with Crippen molar-refractivity contribution in [2.75, 3.05) is 76.2 Å². The number of nitrogens with zero attached hydrogens (tertiary/aromatic N) is 5. The molecule has 6 rings (SSSR count). The Labute approximate surface area is 229 Å². The Morgan fingerprint density at radius 3 is 2.56 bits per heavy atom. The van der Waals surface area contributed by atoms with Gasteiger partial charge in [-0.25, -0.2) is 9.97 Å². The summed E-state index contributed by atoms with van der Waals surface area (Å²) < 4.78 is 22.1. The maximum atomic E-state index is 13.5. The molecular formula is C28H38N6O5. The van der Waals surface area contributed by atoms with Crippen LogP contribution >= 0.6 is 0 Å². The number of anilines is 2.